The first-order chi connectivity index (χ1) is 15.8. The van der Waals surface area contributed by atoms with E-state index in [1.807, 2.05) is 0 Å². The van der Waals surface area contributed by atoms with Crippen molar-refractivity contribution in [2.45, 2.75) is 70.6 Å². The number of carbonyl (C=O) groups is 1. The summed E-state index contributed by atoms with van der Waals surface area (Å²) in [4.78, 5) is 39.4. The number of hydrogen-bond acceptors (Lipinski definition) is 7. The number of nitro groups is 1. The van der Waals surface area contributed by atoms with Gasteiger partial charge in [0.15, 0.2) is 8.32 Å². The molecule has 2 atom stereocenters. The van der Waals surface area contributed by atoms with E-state index < -0.39 is 31.1 Å². The van der Waals surface area contributed by atoms with E-state index in [4.69, 9.17) is 9.16 Å². The molecule has 3 rings (SSSR count). The summed E-state index contributed by atoms with van der Waals surface area (Å²) >= 11 is 0. The van der Waals surface area contributed by atoms with Gasteiger partial charge in [-0.1, -0.05) is 20.8 Å². The zero-order valence-electron chi connectivity index (χ0n) is 20.1. The van der Waals surface area contributed by atoms with Crippen LogP contribution < -0.4 is 5.69 Å². The van der Waals surface area contributed by atoms with Gasteiger partial charge in [0.1, 0.15) is 6.61 Å². The summed E-state index contributed by atoms with van der Waals surface area (Å²) in [6.45, 7) is 11.0. The fourth-order valence-electron chi connectivity index (χ4n) is 3.66. The van der Waals surface area contributed by atoms with E-state index >= 15 is 0 Å². The Hall–Kier alpha value is -3.12. The predicted octanol–water partition coefficient (Wildman–Crippen LogP) is 3.59. The predicted molar refractivity (Wildman–Crippen MR) is 127 cm³/mol. The van der Waals surface area contributed by atoms with Crippen molar-refractivity contribution in [2.75, 3.05) is 6.54 Å². The van der Waals surface area contributed by atoms with Crippen molar-refractivity contribution in [2.24, 2.45) is 0 Å². The van der Waals surface area contributed by atoms with Gasteiger partial charge in [0.25, 0.3) is 5.69 Å². The highest BCUT2D eigenvalue weighted by Gasteiger charge is 2.44. The Bertz CT molecular complexity index is 1090. The van der Waals surface area contributed by atoms with Gasteiger partial charge >= 0.3 is 11.8 Å². The molecule has 1 aliphatic rings. The molecule has 2 N–H and O–H groups in total. The van der Waals surface area contributed by atoms with E-state index in [0.29, 0.717) is 18.5 Å². The average Bonchev–Trinajstić information content (AvgIpc) is 3.29. The molecule has 1 amide bonds. The first kappa shape index (κ1) is 25.5. The van der Waals surface area contributed by atoms with Gasteiger partial charge in [0.05, 0.1) is 29.8 Å². The molecule has 1 aromatic heterocycles. The van der Waals surface area contributed by atoms with Crippen molar-refractivity contribution >= 4 is 20.1 Å². The topological polar surface area (TPSA) is 140 Å². The minimum Gasteiger partial charge on any atom is -0.493 e. The molecule has 11 nitrogen and oxygen atoms in total. The molecular formula is C22H32N4O7Si. The number of amides is 1. The Labute approximate surface area is 198 Å². The Morgan fingerprint density at radius 2 is 1.94 bits per heavy atom. The van der Waals surface area contributed by atoms with Gasteiger partial charge in [-0.2, -0.15) is 0 Å². The molecule has 12 heteroatoms. The number of benzene rings is 1. The summed E-state index contributed by atoms with van der Waals surface area (Å²) in [5.74, 6) is -0.210. The number of nitro benzene ring substituents is 1. The second kappa shape index (κ2) is 9.62. The number of carbonyl (C=O) groups excluding carboxylic acids is 1. The SMILES string of the molecule is CC(C)(C)[Si](C)(C)O[C@@H]1C[C@@H](Cn2c(O)c[nH]c2=O)N(C(=O)OCc2ccc([N+](=O)[O-])cc2)C1. The fraction of sp³-hybridized carbons (Fsp3) is 0.545. The van der Waals surface area contributed by atoms with E-state index in [1.54, 1.807) is 0 Å². The van der Waals surface area contributed by atoms with Gasteiger partial charge < -0.3 is 24.2 Å². The second-order valence-corrected chi connectivity index (χ2v) is 14.8. The van der Waals surface area contributed by atoms with Gasteiger partial charge in [-0.05, 0) is 42.2 Å². The Balaban J connectivity index is 1.74. The molecule has 1 saturated heterocycles. The number of imidazole rings is 1. The number of rotatable bonds is 7. The summed E-state index contributed by atoms with van der Waals surface area (Å²) in [5, 5.41) is 20.8. The number of ether oxygens (including phenoxy) is 1. The molecule has 0 saturated carbocycles. The summed E-state index contributed by atoms with van der Waals surface area (Å²) in [6.07, 6.45) is 0.899. The quantitative estimate of drug-likeness (QED) is 0.342. The third-order valence-electron chi connectivity index (χ3n) is 6.63. The standard InChI is InChI=1S/C22H32N4O7Si/c1-22(2,3)34(4,5)33-18-10-17(12-25-19(27)11-23-20(25)28)24(13-18)21(29)32-14-15-6-8-16(9-7-15)26(30)31/h6-9,11,17-18,27H,10,12-14H2,1-5H3,(H,23,28)/t17-,18+/m0/s1. The van der Waals surface area contributed by atoms with E-state index in [9.17, 15) is 24.8 Å². The lowest BCUT2D eigenvalue weighted by Crippen LogP contribution is -2.45. The fourth-order valence-corrected chi connectivity index (χ4v) is 5.02. The van der Waals surface area contributed by atoms with Crippen LogP contribution in [0.2, 0.25) is 18.1 Å². The molecule has 1 fully saturated rings. The van der Waals surface area contributed by atoms with Crippen molar-refractivity contribution in [3.63, 3.8) is 0 Å². The number of aromatic nitrogens is 2. The molecule has 1 aromatic carbocycles. The number of likely N-dealkylation sites (tertiary alicyclic amines) is 1. The van der Waals surface area contributed by atoms with Crippen LogP contribution in [-0.2, 0) is 22.3 Å². The number of aromatic hydroxyl groups is 1. The maximum Gasteiger partial charge on any atom is 0.410 e. The Kier molecular flexibility index (Phi) is 7.22. The van der Waals surface area contributed by atoms with Crippen molar-refractivity contribution in [3.05, 3.63) is 56.6 Å². The Morgan fingerprint density at radius 1 is 1.29 bits per heavy atom. The average molecular weight is 493 g/mol. The molecule has 0 aliphatic carbocycles. The zero-order valence-corrected chi connectivity index (χ0v) is 21.1. The molecular weight excluding hydrogens is 460 g/mol. The maximum atomic E-state index is 13.0. The molecule has 0 spiro atoms. The third kappa shape index (κ3) is 5.68. The van der Waals surface area contributed by atoms with Crippen molar-refractivity contribution in [1.82, 2.24) is 14.5 Å². The molecule has 186 valence electrons. The van der Waals surface area contributed by atoms with Crippen LogP contribution in [0.4, 0.5) is 10.5 Å². The monoisotopic (exact) mass is 492 g/mol. The minimum atomic E-state index is -2.11. The lowest BCUT2D eigenvalue weighted by Gasteiger charge is -2.38. The highest BCUT2D eigenvalue weighted by Crippen LogP contribution is 2.39. The van der Waals surface area contributed by atoms with E-state index in [0.717, 1.165) is 0 Å². The van der Waals surface area contributed by atoms with Crippen LogP contribution in [0.25, 0.3) is 0 Å². The molecule has 0 radical (unpaired) electrons. The largest absolute Gasteiger partial charge is 0.493 e. The van der Waals surface area contributed by atoms with Gasteiger partial charge in [0, 0.05) is 18.7 Å². The molecule has 34 heavy (non-hydrogen) atoms. The first-order valence-electron chi connectivity index (χ1n) is 11.1. The molecule has 2 heterocycles. The van der Waals surface area contributed by atoms with Crippen LogP contribution in [-0.4, -0.2) is 57.6 Å². The summed E-state index contributed by atoms with van der Waals surface area (Å²) in [6, 6.07) is 5.36. The highest BCUT2D eigenvalue weighted by molar-refractivity contribution is 6.74. The second-order valence-electron chi connectivity index (χ2n) is 10.1. The number of nitrogens with one attached hydrogen (secondary N) is 1. The van der Waals surface area contributed by atoms with Crippen LogP contribution in [0, 0.1) is 10.1 Å². The van der Waals surface area contributed by atoms with E-state index in [1.165, 1.54) is 39.9 Å². The number of H-pyrrole nitrogens is 1. The summed E-state index contributed by atoms with van der Waals surface area (Å²) in [5.41, 5.74) is 0.103. The molecule has 2 aromatic rings. The highest BCUT2D eigenvalue weighted by atomic mass is 28.4. The van der Waals surface area contributed by atoms with Gasteiger partial charge in [0.2, 0.25) is 5.88 Å². The van der Waals surface area contributed by atoms with Gasteiger partial charge in [-0.3, -0.25) is 14.7 Å². The number of hydrogen-bond donors (Lipinski definition) is 2. The van der Waals surface area contributed by atoms with E-state index in [2.05, 4.69) is 38.8 Å². The molecule has 0 unspecified atom stereocenters. The normalized spacial score (nSPS) is 18.8. The van der Waals surface area contributed by atoms with Crippen molar-refractivity contribution in [1.29, 1.82) is 0 Å². The van der Waals surface area contributed by atoms with Crippen LogP contribution in [0.15, 0.2) is 35.3 Å². The third-order valence-corrected chi connectivity index (χ3v) is 11.2. The van der Waals surface area contributed by atoms with Crippen LogP contribution >= 0.6 is 0 Å². The minimum absolute atomic E-state index is 0.0117. The summed E-state index contributed by atoms with van der Waals surface area (Å²) in [7, 11) is -2.11. The van der Waals surface area contributed by atoms with Crippen LogP contribution in [0.1, 0.15) is 32.8 Å². The maximum absolute atomic E-state index is 13.0. The smallest absolute Gasteiger partial charge is 0.410 e. The zero-order chi connectivity index (χ0) is 25.3. The van der Waals surface area contributed by atoms with Crippen LogP contribution in [0.3, 0.4) is 0 Å². The number of aromatic amines is 1. The van der Waals surface area contributed by atoms with Gasteiger partial charge in [-0.15, -0.1) is 0 Å². The van der Waals surface area contributed by atoms with Crippen molar-refractivity contribution in [3.8, 4) is 5.88 Å². The van der Waals surface area contributed by atoms with Crippen molar-refractivity contribution < 1.29 is 24.0 Å². The molecule has 1 aliphatic heterocycles. The summed E-state index contributed by atoms with van der Waals surface area (Å²) < 4.78 is 13.2. The Morgan fingerprint density at radius 3 is 2.47 bits per heavy atom. The number of non-ortho nitro benzene ring substituents is 1. The lowest BCUT2D eigenvalue weighted by atomic mass is 10.2. The van der Waals surface area contributed by atoms with E-state index in [-0.39, 0.29) is 35.9 Å². The lowest BCUT2D eigenvalue weighted by molar-refractivity contribution is -0.384. The molecule has 0 bridgehead atoms. The van der Waals surface area contributed by atoms with Crippen LogP contribution in [0.5, 0.6) is 5.88 Å². The number of nitrogens with zero attached hydrogens (tertiary/aromatic N) is 3. The van der Waals surface area contributed by atoms with Gasteiger partial charge in [-0.25, -0.2) is 9.59 Å². The first-order valence-corrected chi connectivity index (χ1v) is 14.0.